The lowest BCUT2D eigenvalue weighted by molar-refractivity contribution is -0.0583. The summed E-state index contributed by atoms with van der Waals surface area (Å²) < 4.78 is 44.1. The third kappa shape index (κ3) is 2.99. The summed E-state index contributed by atoms with van der Waals surface area (Å²) >= 11 is 17.7. The van der Waals surface area contributed by atoms with Gasteiger partial charge in [-0.1, -0.05) is 34.8 Å². The largest absolute Gasteiger partial charge is 0.436 e. The van der Waals surface area contributed by atoms with Crippen LogP contribution in [0.1, 0.15) is 21.7 Å². The smallest absolute Gasteiger partial charge is 0.433 e. The van der Waals surface area contributed by atoms with Crippen molar-refractivity contribution in [1.82, 2.24) is 0 Å². The van der Waals surface area contributed by atoms with E-state index < -0.39 is 17.7 Å². The minimum Gasteiger partial charge on any atom is -0.436 e. The van der Waals surface area contributed by atoms with Gasteiger partial charge in [0.1, 0.15) is 6.67 Å². The molecule has 3 rings (SSSR count). The lowest BCUT2D eigenvalue weighted by Crippen LogP contribution is -2.28. The van der Waals surface area contributed by atoms with Gasteiger partial charge in [-0.15, -0.1) is 0 Å². The molecule has 1 aliphatic heterocycles. The van der Waals surface area contributed by atoms with Gasteiger partial charge < -0.3 is 9.73 Å². The maximum Gasteiger partial charge on any atom is 0.433 e. The Kier molecular flexibility index (Phi) is 4.27. The average molecular weight is 398 g/mol. The van der Waals surface area contributed by atoms with Crippen molar-refractivity contribution in [3.63, 3.8) is 0 Å². The molecule has 0 fully saturated rings. The zero-order valence-electron chi connectivity index (χ0n) is 11.5. The van der Waals surface area contributed by atoms with Crippen molar-refractivity contribution in [2.24, 2.45) is 4.99 Å². The van der Waals surface area contributed by atoms with Crippen LogP contribution in [0.25, 0.3) is 0 Å². The number of aliphatic imine (C=N–C) groups is 1. The van der Waals surface area contributed by atoms with Crippen LogP contribution in [0.3, 0.4) is 0 Å². The van der Waals surface area contributed by atoms with Crippen LogP contribution in [0.5, 0.6) is 0 Å². The van der Waals surface area contributed by atoms with Gasteiger partial charge in [0.15, 0.2) is 11.5 Å². The summed E-state index contributed by atoms with van der Waals surface area (Å²) in [4.78, 5) is 15.9. The molecule has 4 nitrogen and oxygen atoms in total. The SMILES string of the molecule is O=C(c1cc2c(o1)NCN=C2C(F)(F)F)c1c(Cl)cc(Cl)cc1Cl. The van der Waals surface area contributed by atoms with Crippen molar-refractivity contribution in [1.29, 1.82) is 0 Å². The standard InChI is InChI=1S/C14H6Cl3F3N2O2/c15-5-1-7(16)10(8(17)2-5)11(23)9-3-6-12(14(18,19)20)21-4-22-13(6)24-9/h1-3,22H,4H2. The number of ketones is 1. The van der Waals surface area contributed by atoms with Crippen LogP contribution in [-0.4, -0.2) is 24.3 Å². The lowest BCUT2D eigenvalue weighted by Gasteiger charge is -2.15. The third-order valence-corrected chi connectivity index (χ3v) is 4.00. The first-order valence-electron chi connectivity index (χ1n) is 6.37. The summed E-state index contributed by atoms with van der Waals surface area (Å²) in [5.74, 6) is -1.31. The molecule has 10 heteroatoms. The molecule has 0 aliphatic carbocycles. The van der Waals surface area contributed by atoms with Crippen molar-refractivity contribution in [3.8, 4) is 0 Å². The van der Waals surface area contributed by atoms with E-state index in [2.05, 4.69) is 10.3 Å². The summed E-state index contributed by atoms with van der Waals surface area (Å²) in [6, 6.07) is 3.55. The van der Waals surface area contributed by atoms with Crippen molar-refractivity contribution >= 4 is 52.2 Å². The first-order valence-corrected chi connectivity index (χ1v) is 7.51. The fraction of sp³-hybridized carbons (Fsp3) is 0.143. The molecule has 0 spiro atoms. The molecule has 24 heavy (non-hydrogen) atoms. The highest BCUT2D eigenvalue weighted by Gasteiger charge is 2.41. The summed E-state index contributed by atoms with van der Waals surface area (Å²) in [6.07, 6.45) is -4.67. The quantitative estimate of drug-likeness (QED) is 0.708. The van der Waals surface area contributed by atoms with Crippen LogP contribution in [0, 0.1) is 0 Å². The van der Waals surface area contributed by atoms with Crippen LogP contribution in [0.4, 0.5) is 19.1 Å². The first kappa shape index (κ1) is 17.1. The number of furan rings is 1. The van der Waals surface area contributed by atoms with Crippen LogP contribution in [-0.2, 0) is 0 Å². The molecular formula is C14H6Cl3F3N2O2. The normalized spacial score (nSPS) is 14.0. The van der Waals surface area contributed by atoms with Gasteiger partial charge in [0, 0.05) is 5.02 Å². The Balaban J connectivity index is 2.06. The number of benzene rings is 1. The Morgan fingerprint density at radius 3 is 2.38 bits per heavy atom. The highest BCUT2D eigenvalue weighted by Crippen LogP contribution is 2.35. The van der Waals surface area contributed by atoms with Crippen LogP contribution < -0.4 is 5.32 Å². The van der Waals surface area contributed by atoms with E-state index in [1.807, 2.05) is 0 Å². The Bertz CT molecular complexity index is 852. The highest BCUT2D eigenvalue weighted by molar-refractivity contribution is 6.43. The fourth-order valence-corrected chi connectivity index (χ4v) is 3.20. The fourth-order valence-electron chi connectivity index (χ4n) is 2.21. The number of nitrogens with zero attached hydrogens (tertiary/aromatic N) is 1. The van der Waals surface area contributed by atoms with Crippen molar-refractivity contribution in [3.05, 3.63) is 50.2 Å². The van der Waals surface area contributed by atoms with Crippen LogP contribution >= 0.6 is 34.8 Å². The second kappa shape index (κ2) is 5.98. The van der Waals surface area contributed by atoms with Crippen LogP contribution in [0.15, 0.2) is 27.6 Å². The number of fused-ring (bicyclic) bond motifs is 1. The molecule has 0 saturated carbocycles. The van der Waals surface area contributed by atoms with E-state index in [4.69, 9.17) is 39.2 Å². The number of hydrogen-bond donors (Lipinski definition) is 1. The van der Waals surface area contributed by atoms with Gasteiger partial charge >= 0.3 is 6.18 Å². The number of carbonyl (C=O) groups excluding carboxylic acids is 1. The van der Waals surface area contributed by atoms with E-state index in [0.29, 0.717) is 0 Å². The van der Waals surface area contributed by atoms with E-state index >= 15 is 0 Å². The molecule has 1 aromatic carbocycles. The van der Waals surface area contributed by atoms with Crippen molar-refractivity contribution in [2.45, 2.75) is 6.18 Å². The number of alkyl halides is 3. The number of nitrogens with one attached hydrogen (secondary N) is 1. The minimum absolute atomic E-state index is 0.0375. The van der Waals surface area contributed by atoms with E-state index in [1.165, 1.54) is 12.1 Å². The highest BCUT2D eigenvalue weighted by atomic mass is 35.5. The monoisotopic (exact) mass is 396 g/mol. The van der Waals surface area contributed by atoms with E-state index in [1.54, 1.807) is 0 Å². The van der Waals surface area contributed by atoms with Crippen molar-refractivity contribution in [2.75, 3.05) is 12.0 Å². The van der Waals surface area contributed by atoms with E-state index in [-0.39, 0.29) is 44.5 Å². The average Bonchev–Trinajstić information content (AvgIpc) is 2.88. The van der Waals surface area contributed by atoms with Gasteiger partial charge in [-0.05, 0) is 18.2 Å². The number of carbonyl (C=O) groups is 1. The topological polar surface area (TPSA) is 54.6 Å². The summed E-state index contributed by atoms with van der Waals surface area (Å²) in [5.41, 5.74) is -1.58. The number of anilines is 1. The van der Waals surface area contributed by atoms with Gasteiger partial charge in [0.2, 0.25) is 11.7 Å². The Labute approximate surface area is 148 Å². The Hall–Kier alpha value is -1.70. The second-order valence-corrected chi connectivity index (χ2v) is 6.02. The predicted octanol–water partition coefficient (Wildman–Crippen LogP) is 5.21. The summed E-state index contributed by atoms with van der Waals surface area (Å²) in [6.45, 7) is -0.314. The molecule has 0 radical (unpaired) electrons. The Morgan fingerprint density at radius 2 is 1.79 bits per heavy atom. The summed E-state index contributed by atoms with van der Waals surface area (Å²) in [5, 5.41) is 2.68. The molecule has 2 aromatic rings. The molecule has 0 bridgehead atoms. The molecule has 1 N–H and O–H groups in total. The third-order valence-electron chi connectivity index (χ3n) is 3.19. The molecule has 1 aromatic heterocycles. The van der Waals surface area contributed by atoms with Gasteiger partial charge in [0.05, 0.1) is 21.2 Å². The molecule has 1 aliphatic rings. The van der Waals surface area contributed by atoms with Gasteiger partial charge in [-0.2, -0.15) is 13.2 Å². The maximum absolute atomic E-state index is 13.0. The van der Waals surface area contributed by atoms with Gasteiger partial charge in [0.25, 0.3) is 0 Å². The molecule has 0 amide bonds. The lowest BCUT2D eigenvalue weighted by atomic mass is 10.1. The van der Waals surface area contributed by atoms with Crippen molar-refractivity contribution < 1.29 is 22.4 Å². The number of rotatable bonds is 2. The predicted molar refractivity (Wildman–Crippen MR) is 84.7 cm³/mol. The molecule has 0 unspecified atom stereocenters. The van der Waals surface area contributed by atoms with Gasteiger partial charge in [-0.3, -0.25) is 9.79 Å². The van der Waals surface area contributed by atoms with E-state index in [0.717, 1.165) is 6.07 Å². The molecule has 126 valence electrons. The second-order valence-electron chi connectivity index (χ2n) is 4.77. The maximum atomic E-state index is 13.0. The number of hydrogen-bond acceptors (Lipinski definition) is 4. The summed E-state index contributed by atoms with van der Waals surface area (Å²) in [7, 11) is 0. The number of halogens is 6. The molecule has 0 atom stereocenters. The zero-order valence-corrected chi connectivity index (χ0v) is 13.7. The van der Waals surface area contributed by atoms with Crippen LogP contribution in [0.2, 0.25) is 15.1 Å². The molecule has 0 saturated heterocycles. The Morgan fingerprint density at radius 1 is 1.17 bits per heavy atom. The first-order chi connectivity index (χ1) is 11.2. The molecular weight excluding hydrogens is 392 g/mol. The van der Waals surface area contributed by atoms with E-state index in [9.17, 15) is 18.0 Å². The zero-order chi connectivity index (χ0) is 17.6. The van der Waals surface area contributed by atoms with Gasteiger partial charge in [-0.25, -0.2) is 0 Å². The minimum atomic E-state index is -4.67. The molecule has 2 heterocycles.